The van der Waals surface area contributed by atoms with Crippen LogP contribution in [0.5, 0.6) is 0 Å². The molecule has 1 aromatic carbocycles. The van der Waals surface area contributed by atoms with E-state index in [1.165, 1.54) is 18.2 Å². The highest BCUT2D eigenvalue weighted by atomic mass is 19.3. The van der Waals surface area contributed by atoms with Gasteiger partial charge >= 0.3 is 5.97 Å². The molecule has 2 fully saturated rings. The third-order valence-electron chi connectivity index (χ3n) is 7.53. The Morgan fingerprint density at radius 3 is 2.39 bits per heavy atom. The minimum Gasteiger partial charge on any atom is -0.481 e. The first-order valence-corrected chi connectivity index (χ1v) is 13.1. The molecular weight excluding hydrogens is 504 g/mol. The van der Waals surface area contributed by atoms with Gasteiger partial charge in [0.1, 0.15) is 12.3 Å². The van der Waals surface area contributed by atoms with Crippen LogP contribution < -0.4 is 5.32 Å². The number of aliphatic carboxylic acids is 1. The molecule has 4 atom stereocenters. The molecule has 1 saturated carbocycles. The lowest BCUT2D eigenvalue weighted by Gasteiger charge is -2.27. The van der Waals surface area contributed by atoms with Gasteiger partial charge < -0.3 is 10.4 Å². The smallest absolute Gasteiger partial charge is 0.305 e. The number of carbonyl (C=O) groups is 2. The lowest BCUT2D eigenvalue weighted by atomic mass is 9.99. The Labute approximate surface area is 219 Å². The molecule has 11 heteroatoms. The summed E-state index contributed by atoms with van der Waals surface area (Å²) in [5.74, 6) is -4.87. The topological polar surface area (TPSA) is 87.5 Å². The number of nitrogens with zero attached hydrogens (tertiary/aromatic N) is 3. The van der Waals surface area contributed by atoms with Gasteiger partial charge in [-0.1, -0.05) is 37.1 Å². The number of halogens is 4. The van der Waals surface area contributed by atoms with Gasteiger partial charge in [-0.05, 0) is 32.3 Å². The fourth-order valence-electron chi connectivity index (χ4n) is 5.56. The molecule has 1 saturated heterocycles. The van der Waals surface area contributed by atoms with Crippen molar-refractivity contribution in [1.29, 1.82) is 0 Å². The summed E-state index contributed by atoms with van der Waals surface area (Å²) in [5, 5.41) is 16.6. The SMILES string of the molecule is CC(CC(CC(=O)O)NC(=O)c1cc(-c2ccccc2C(C)(F)F)n(C2CCCC2)n1)N1C[C@H](F)[C@@H](F)C1. The molecule has 1 aromatic heterocycles. The van der Waals surface area contributed by atoms with Crippen LogP contribution in [0.25, 0.3) is 11.3 Å². The zero-order chi connectivity index (χ0) is 27.6. The minimum atomic E-state index is -3.11. The van der Waals surface area contributed by atoms with Crippen LogP contribution in [0.1, 0.15) is 74.5 Å². The highest BCUT2D eigenvalue weighted by molar-refractivity contribution is 5.94. The van der Waals surface area contributed by atoms with Crippen LogP contribution in [0.15, 0.2) is 30.3 Å². The molecule has 2 unspecified atom stereocenters. The maximum atomic E-state index is 14.5. The van der Waals surface area contributed by atoms with E-state index in [0.29, 0.717) is 5.69 Å². The van der Waals surface area contributed by atoms with Crippen molar-refractivity contribution in [2.75, 3.05) is 13.1 Å². The second kappa shape index (κ2) is 11.4. The van der Waals surface area contributed by atoms with Crippen molar-refractivity contribution in [2.45, 2.75) is 88.8 Å². The van der Waals surface area contributed by atoms with Crippen LogP contribution in [-0.2, 0) is 10.7 Å². The molecule has 1 aliphatic carbocycles. The van der Waals surface area contributed by atoms with Crippen molar-refractivity contribution >= 4 is 11.9 Å². The van der Waals surface area contributed by atoms with Gasteiger partial charge in [-0.2, -0.15) is 5.10 Å². The number of likely N-dealkylation sites (tertiary alicyclic amines) is 1. The molecule has 0 spiro atoms. The van der Waals surface area contributed by atoms with Gasteiger partial charge in [-0.15, -0.1) is 0 Å². The van der Waals surface area contributed by atoms with E-state index in [0.717, 1.165) is 32.6 Å². The number of hydrogen-bond acceptors (Lipinski definition) is 4. The van der Waals surface area contributed by atoms with Crippen LogP contribution in [0.3, 0.4) is 0 Å². The van der Waals surface area contributed by atoms with Crippen molar-refractivity contribution < 1.29 is 32.3 Å². The Balaban J connectivity index is 1.60. The summed E-state index contributed by atoms with van der Waals surface area (Å²) in [6.45, 7) is 2.38. The highest BCUT2D eigenvalue weighted by Gasteiger charge is 2.36. The van der Waals surface area contributed by atoms with Crippen LogP contribution in [0.2, 0.25) is 0 Å². The lowest BCUT2D eigenvalue weighted by molar-refractivity contribution is -0.137. The normalized spacial score (nSPS) is 22.5. The quantitative estimate of drug-likeness (QED) is 0.410. The molecule has 1 aliphatic heterocycles. The number of rotatable bonds is 10. The maximum absolute atomic E-state index is 14.5. The second-order valence-electron chi connectivity index (χ2n) is 10.6. The molecule has 2 aliphatic rings. The van der Waals surface area contributed by atoms with Gasteiger partial charge in [-0.3, -0.25) is 19.2 Å². The molecule has 0 bridgehead atoms. The third-order valence-corrected chi connectivity index (χ3v) is 7.53. The van der Waals surface area contributed by atoms with Crippen molar-refractivity contribution in [1.82, 2.24) is 20.0 Å². The highest BCUT2D eigenvalue weighted by Crippen LogP contribution is 2.39. The van der Waals surface area contributed by atoms with E-state index >= 15 is 0 Å². The van der Waals surface area contributed by atoms with E-state index in [2.05, 4.69) is 10.4 Å². The van der Waals surface area contributed by atoms with Gasteiger partial charge in [0, 0.05) is 43.2 Å². The lowest BCUT2D eigenvalue weighted by Crippen LogP contribution is -2.42. The Morgan fingerprint density at radius 2 is 1.79 bits per heavy atom. The Hall–Kier alpha value is -2.95. The number of benzene rings is 1. The first kappa shape index (κ1) is 28.1. The third kappa shape index (κ3) is 6.36. The number of aromatic nitrogens is 2. The van der Waals surface area contributed by atoms with E-state index in [1.807, 2.05) is 0 Å². The first-order chi connectivity index (χ1) is 17.9. The van der Waals surface area contributed by atoms with Crippen LogP contribution >= 0.6 is 0 Å². The standard InChI is InChI=1S/C27H34F4N4O3/c1-16(34-14-21(28)22(29)15-34)11-17(12-25(36)37)32-26(38)23-13-24(35(33-23)18-7-3-4-8-18)19-9-5-6-10-20(19)27(2,30)31/h5-6,9-10,13,16-18,21-22H,3-4,7-8,11-12,14-15H2,1-2H3,(H,32,38)(H,36,37)/t16?,17?,21-,22-/m0/s1. The molecular formula is C27H34F4N4O3. The van der Waals surface area contributed by atoms with E-state index in [-0.39, 0.29) is 54.8 Å². The largest absolute Gasteiger partial charge is 0.481 e. The van der Waals surface area contributed by atoms with Crippen molar-refractivity contribution in [3.05, 3.63) is 41.6 Å². The summed E-state index contributed by atoms with van der Waals surface area (Å²) >= 11 is 0. The molecule has 208 valence electrons. The average molecular weight is 539 g/mol. The fourth-order valence-corrected chi connectivity index (χ4v) is 5.56. The minimum absolute atomic E-state index is 0.00187. The predicted octanol–water partition coefficient (Wildman–Crippen LogP) is 5.12. The average Bonchev–Trinajstić information content (AvgIpc) is 3.58. The molecule has 1 amide bonds. The van der Waals surface area contributed by atoms with Crippen molar-refractivity contribution in [2.24, 2.45) is 0 Å². The number of carboxylic acid groups (broad SMARTS) is 1. The number of alkyl halides is 4. The van der Waals surface area contributed by atoms with Gasteiger partial charge in [0.2, 0.25) is 0 Å². The number of amides is 1. The molecule has 7 nitrogen and oxygen atoms in total. The summed E-state index contributed by atoms with van der Waals surface area (Å²) in [4.78, 5) is 26.4. The summed E-state index contributed by atoms with van der Waals surface area (Å²) in [6.07, 6.45) is 0.127. The number of carboxylic acids is 1. The van der Waals surface area contributed by atoms with E-state index in [1.54, 1.807) is 28.6 Å². The van der Waals surface area contributed by atoms with E-state index in [9.17, 15) is 32.3 Å². The molecule has 2 aromatic rings. The van der Waals surface area contributed by atoms with Crippen LogP contribution in [0, 0.1) is 0 Å². The first-order valence-electron chi connectivity index (χ1n) is 13.1. The van der Waals surface area contributed by atoms with E-state index < -0.39 is 36.2 Å². The number of carbonyl (C=O) groups excluding carboxylic acids is 1. The van der Waals surface area contributed by atoms with Crippen molar-refractivity contribution in [3.8, 4) is 11.3 Å². The maximum Gasteiger partial charge on any atom is 0.305 e. The van der Waals surface area contributed by atoms with Gasteiger partial charge in [0.05, 0.1) is 18.2 Å². The molecule has 38 heavy (non-hydrogen) atoms. The summed E-state index contributed by atoms with van der Waals surface area (Å²) in [6, 6.07) is 6.37. The van der Waals surface area contributed by atoms with Crippen molar-refractivity contribution in [3.63, 3.8) is 0 Å². The summed E-state index contributed by atoms with van der Waals surface area (Å²) < 4.78 is 57.9. The molecule has 0 radical (unpaired) electrons. The van der Waals surface area contributed by atoms with Gasteiger partial charge in [0.15, 0.2) is 5.69 Å². The zero-order valence-electron chi connectivity index (χ0n) is 21.5. The zero-order valence-corrected chi connectivity index (χ0v) is 21.5. The Bertz CT molecular complexity index is 1140. The number of nitrogens with one attached hydrogen (secondary N) is 1. The Kier molecular flexibility index (Phi) is 8.44. The van der Waals surface area contributed by atoms with Crippen LogP contribution in [-0.4, -0.2) is 69.2 Å². The Morgan fingerprint density at radius 1 is 1.16 bits per heavy atom. The predicted molar refractivity (Wildman–Crippen MR) is 134 cm³/mol. The molecule has 2 N–H and O–H groups in total. The van der Waals surface area contributed by atoms with E-state index in [4.69, 9.17) is 0 Å². The number of hydrogen-bond donors (Lipinski definition) is 2. The molecule has 2 heterocycles. The van der Waals surface area contributed by atoms with Crippen LogP contribution in [0.4, 0.5) is 17.6 Å². The monoisotopic (exact) mass is 538 g/mol. The fraction of sp³-hybridized carbons (Fsp3) is 0.593. The second-order valence-corrected chi connectivity index (χ2v) is 10.6. The summed E-state index contributed by atoms with van der Waals surface area (Å²) in [7, 11) is 0. The summed E-state index contributed by atoms with van der Waals surface area (Å²) in [5.41, 5.74) is 0.511. The molecule has 4 rings (SSSR count). The van der Waals surface area contributed by atoms with Gasteiger partial charge in [0.25, 0.3) is 11.8 Å². The van der Waals surface area contributed by atoms with Gasteiger partial charge in [-0.25, -0.2) is 17.6 Å².